The van der Waals surface area contributed by atoms with Crippen LogP contribution in [0.25, 0.3) is 0 Å². The number of halogens is 1. The maximum absolute atomic E-state index is 13.2. The SMILES string of the molecule is CCCC(C)CP(=O)(F)OC(C)C. The molecule has 0 aromatic rings. The van der Waals surface area contributed by atoms with Crippen molar-refractivity contribution in [3.05, 3.63) is 0 Å². The number of hydrogen-bond donors (Lipinski definition) is 0. The van der Waals surface area contributed by atoms with Crippen molar-refractivity contribution in [3.63, 3.8) is 0 Å². The molecule has 0 fully saturated rings. The molecule has 0 N–H and O–H groups in total. The minimum Gasteiger partial charge on any atom is -0.303 e. The van der Waals surface area contributed by atoms with Crippen molar-refractivity contribution >= 4 is 7.68 Å². The van der Waals surface area contributed by atoms with Gasteiger partial charge in [0.2, 0.25) is 0 Å². The Morgan fingerprint density at radius 3 is 2.31 bits per heavy atom. The molecule has 0 rings (SSSR count). The van der Waals surface area contributed by atoms with Gasteiger partial charge in [-0.05, 0) is 19.8 Å². The van der Waals surface area contributed by atoms with Crippen LogP contribution in [0, 0.1) is 5.92 Å². The molecule has 2 atom stereocenters. The van der Waals surface area contributed by atoms with Gasteiger partial charge in [0.25, 0.3) is 0 Å². The average Bonchev–Trinajstić information content (AvgIpc) is 1.81. The van der Waals surface area contributed by atoms with Crippen LogP contribution < -0.4 is 0 Å². The van der Waals surface area contributed by atoms with Gasteiger partial charge >= 0.3 is 7.68 Å². The molecule has 13 heavy (non-hydrogen) atoms. The molecule has 0 aliphatic carbocycles. The summed E-state index contributed by atoms with van der Waals surface area (Å²) in [7, 11) is -3.83. The van der Waals surface area contributed by atoms with Crippen LogP contribution in [-0.4, -0.2) is 12.3 Å². The summed E-state index contributed by atoms with van der Waals surface area (Å²) in [6.07, 6.45) is 1.64. The van der Waals surface area contributed by atoms with Gasteiger partial charge in [0, 0.05) is 0 Å². The van der Waals surface area contributed by atoms with Gasteiger partial charge in [-0.25, -0.2) is 0 Å². The molecule has 0 spiro atoms. The molecule has 0 heterocycles. The Kier molecular flexibility index (Phi) is 5.82. The van der Waals surface area contributed by atoms with E-state index >= 15 is 0 Å². The minimum atomic E-state index is -3.83. The summed E-state index contributed by atoms with van der Waals surface area (Å²) >= 11 is 0. The van der Waals surface area contributed by atoms with Crippen LogP contribution in [-0.2, 0) is 9.09 Å². The monoisotopic (exact) mass is 210 g/mol. The Hall–Kier alpha value is 0.120. The van der Waals surface area contributed by atoms with Crippen molar-refractivity contribution in [1.29, 1.82) is 0 Å². The fraction of sp³-hybridized carbons (Fsp3) is 1.00. The maximum Gasteiger partial charge on any atom is 0.368 e. The van der Waals surface area contributed by atoms with Crippen molar-refractivity contribution in [3.8, 4) is 0 Å². The largest absolute Gasteiger partial charge is 0.368 e. The molecule has 0 aromatic heterocycles. The molecule has 2 unspecified atom stereocenters. The fourth-order valence-corrected chi connectivity index (χ4v) is 2.96. The lowest BCUT2D eigenvalue weighted by Crippen LogP contribution is -2.06. The third kappa shape index (κ3) is 7.21. The van der Waals surface area contributed by atoms with Crippen molar-refractivity contribution in [2.75, 3.05) is 6.16 Å². The first-order valence-electron chi connectivity index (χ1n) is 4.84. The molecule has 0 saturated carbocycles. The molecule has 0 amide bonds. The smallest absolute Gasteiger partial charge is 0.303 e. The molecular weight excluding hydrogens is 190 g/mol. The fourth-order valence-electron chi connectivity index (χ4n) is 1.31. The van der Waals surface area contributed by atoms with Gasteiger partial charge in [-0.2, -0.15) is 4.20 Å². The number of rotatable bonds is 6. The minimum absolute atomic E-state index is 0.0546. The quantitative estimate of drug-likeness (QED) is 0.619. The second kappa shape index (κ2) is 5.77. The van der Waals surface area contributed by atoms with Gasteiger partial charge in [0.1, 0.15) is 0 Å². The highest BCUT2D eigenvalue weighted by Gasteiger charge is 2.26. The van der Waals surface area contributed by atoms with Gasteiger partial charge in [0.05, 0.1) is 12.3 Å². The molecular formula is C9H20FO2P. The molecule has 2 nitrogen and oxygen atoms in total. The lowest BCUT2D eigenvalue weighted by Gasteiger charge is -2.16. The Morgan fingerprint density at radius 2 is 1.92 bits per heavy atom. The zero-order valence-electron chi connectivity index (χ0n) is 8.92. The summed E-state index contributed by atoms with van der Waals surface area (Å²) in [5, 5.41) is 0. The lowest BCUT2D eigenvalue weighted by atomic mass is 10.1. The summed E-state index contributed by atoms with van der Waals surface area (Å²) < 4.78 is 29.2. The molecule has 0 bridgehead atoms. The van der Waals surface area contributed by atoms with E-state index in [0.29, 0.717) is 0 Å². The Morgan fingerprint density at radius 1 is 1.38 bits per heavy atom. The zero-order chi connectivity index (χ0) is 10.5. The lowest BCUT2D eigenvalue weighted by molar-refractivity contribution is 0.221. The van der Waals surface area contributed by atoms with Gasteiger partial charge in [0.15, 0.2) is 0 Å². The van der Waals surface area contributed by atoms with Gasteiger partial charge in [-0.15, -0.1) is 0 Å². The summed E-state index contributed by atoms with van der Waals surface area (Å²) in [4.78, 5) is 0. The molecule has 0 aromatic carbocycles. The highest BCUT2D eigenvalue weighted by molar-refractivity contribution is 7.53. The van der Waals surface area contributed by atoms with E-state index in [1.807, 2.05) is 13.8 Å². The topological polar surface area (TPSA) is 26.3 Å². The summed E-state index contributed by atoms with van der Waals surface area (Å²) in [6.45, 7) is 7.32. The summed E-state index contributed by atoms with van der Waals surface area (Å²) in [5.74, 6) is 0.139. The van der Waals surface area contributed by atoms with Gasteiger partial charge < -0.3 is 4.52 Å². The standard InChI is InChI=1S/C9H20FO2P/c1-5-6-9(4)7-13(10,11)12-8(2)3/h8-9H,5-7H2,1-4H3. The average molecular weight is 210 g/mol. The van der Waals surface area contributed by atoms with Crippen LogP contribution in [0.1, 0.15) is 40.5 Å². The molecule has 4 heteroatoms. The van der Waals surface area contributed by atoms with Gasteiger partial charge in [-0.1, -0.05) is 26.7 Å². The first kappa shape index (κ1) is 13.1. The third-order valence-electron chi connectivity index (χ3n) is 1.68. The Labute approximate surface area is 80.4 Å². The molecule has 0 saturated heterocycles. The highest BCUT2D eigenvalue weighted by Crippen LogP contribution is 2.51. The van der Waals surface area contributed by atoms with Crippen LogP contribution in [0.5, 0.6) is 0 Å². The van der Waals surface area contributed by atoms with E-state index in [4.69, 9.17) is 4.52 Å². The second-order valence-corrected chi connectivity index (χ2v) is 5.58. The first-order chi connectivity index (χ1) is 5.87. The van der Waals surface area contributed by atoms with Crippen LogP contribution >= 0.6 is 7.68 Å². The molecule has 0 radical (unpaired) electrons. The van der Waals surface area contributed by atoms with Crippen LogP contribution in [0.2, 0.25) is 0 Å². The van der Waals surface area contributed by atoms with E-state index in [2.05, 4.69) is 0 Å². The van der Waals surface area contributed by atoms with E-state index in [1.165, 1.54) is 0 Å². The van der Waals surface area contributed by atoms with E-state index in [1.54, 1.807) is 13.8 Å². The normalized spacial score (nSPS) is 18.6. The van der Waals surface area contributed by atoms with Gasteiger partial charge in [-0.3, -0.25) is 4.57 Å². The predicted molar refractivity (Wildman–Crippen MR) is 53.9 cm³/mol. The predicted octanol–water partition coefficient (Wildman–Crippen LogP) is 4.01. The molecule has 80 valence electrons. The summed E-state index contributed by atoms with van der Waals surface area (Å²) in [6, 6.07) is 0. The van der Waals surface area contributed by atoms with E-state index < -0.39 is 7.68 Å². The van der Waals surface area contributed by atoms with Crippen molar-refractivity contribution in [2.45, 2.75) is 46.6 Å². The zero-order valence-corrected chi connectivity index (χ0v) is 9.81. The molecule has 0 aliphatic rings. The third-order valence-corrected chi connectivity index (χ3v) is 3.48. The van der Waals surface area contributed by atoms with Crippen molar-refractivity contribution in [2.24, 2.45) is 5.92 Å². The Bertz CT molecular complexity index is 182. The van der Waals surface area contributed by atoms with Crippen LogP contribution in [0.4, 0.5) is 4.20 Å². The molecule has 0 aliphatic heterocycles. The van der Waals surface area contributed by atoms with Crippen LogP contribution in [0.3, 0.4) is 0 Å². The van der Waals surface area contributed by atoms with Crippen LogP contribution in [0.15, 0.2) is 0 Å². The van der Waals surface area contributed by atoms with Crippen molar-refractivity contribution < 1.29 is 13.3 Å². The first-order valence-corrected chi connectivity index (χ1v) is 6.54. The highest BCUT2D eigenvalue weighted by atomic mass is 31.2. The number of hydrogen-bond acceptors (Lipinski definition) is 2. The van der Waals surface area contributed by atoms with E-state index in [0.717, 1.165) is 12.8 Å². The van der Waals surface area contributed by atoms with E-state index in [9.17, 15) is 8.76 Å². The Balaban J connectivity index is 3.94. The van der Waals surface area contributed by atoms with Crippen molar-refractivity contribution in [1.82, 2.24) is 0 Å². The summed E-state index contributed by atoms with van der Waals surface area (Å²) in [5.41, 5.74) is 0. The maximum atomic E-state index is 13.2. The second-order valence-electron chi connectivity index (χ2n) is 3.82. The van der Waals surface area contributed by atoms with E-state index in [-0.39, 0.29) is 18.2 Å².